The van der Waals surface area contributed by atoms with Gasteiger partial charge in [-0.1, -0.05) is 6.92 Å². The second-order valence-electron chi connectivity index (χ2n) is 4.96. The van der Waals surface area contributed by atoms with Crippen LogP contribution in [0.2, 0.25) is 0 Å². The summed E-state index contributed by atoms with van der Waals surface area (Å²) in [4.78, 5) is 2.40. The normalized spacial score (nSPS) is 21.7. The molecule has 1 atom stereocenters. The van der Waals surface area contributed by atoms with Gasteiger partial charge in [0.15, 0.2) is 0 Å². The lowest BCUT2D eigenvalue weighted by atomic mass is 9.90. The molecule has 17 heavy (non-hydrogen) atoms. The summed E-state index contributed by atoms with van der Waals surface area (Å²) in [7, 11) is 0. The number of nitrogens with one attached hydrogen (secondary N) is 1. The number of alkyl halides is 3. The Labute approximate surface area is 102 Å². The summed E-state index contributed by atoms with van der Waals surface area (Å²) in [5.41, 5.74) is 0. The van der Waals surface area contributed by atoms with Crippen molar-refractivity contribution in [3.05, 3.63) is 0 Å². The van der Waals surface area contributed by atoms with E-state index in [2.05, 4.69) is 17.1 Å². The van der Waals surface area contributed by atoms with Gasteiger partial charge in [-0.3, -0.25) is 0 Å². The standard InChI is InChI=1S/C12H23F3N2/c1-3-6-17-7-4-11(5-8-17)10(2)16-9-12(13,14)15/h10-11,16H,3-9H2,1-2H3. The molecule has 0 aromatic rings. The van der Waals surface area contributed by atoms with Crippen LogP contribution in [0.3, 0.4) is 0 Å². The quantitative estimate of drug-likeness (QED) is 0.809. The maximum Gasteiger partial charge on any atom is 0.401 e. The van der Waals surface area contributed by atoms with E-state index in [-0.39, 0.29) is 6.04 Å². The predicted octanol–water partition coefficient (Wildman–Crippen LogP) is 2.65. The van der Waals surface area contributed by atoms with Crippen molar-refractivity contribution in [1.29, 1.82) is 0 Å². The fourth-order valence-electron chi connectivity index (χ4n) is 2.44. The molecule has 0 aromatic heterocycles. The van der Waals surface area contributed by atoms with E-state index < -0.39 is 12.7 Å². The molecule has 0 bridgehead atoms. The molecule has 0 aliphatic carbocycles. The molecule has 0 aromatic carbocycles. The Morgan fingerprint density at radius 3 is 2.35 bits per heavy atom. The Morgan fingerprint density at radius 2 is 1.88 bits per heavy atom. The zero-order chi connectivity index (χ0) is 12.9. The highest BCUT2D eigenvalue weighted by atomic mass is 19.4. The highest BCUT2D eigenvalue weighted by molar-refractivity contribution is 4.80. The molecular weight excluding hydrogens is 229 g/mol. The summed E-state index contributed by atoms with van der Waals surface area (Å²) in [5, 5.41) is 2.60. The van der Waals surface area contributed by atoms with E-state index in [0.29, 0.717) is 5.92 Å². The van der Waals surface area contributed by atoms with Crippen molar-refractivity contribution in [2.75, 3.05) is 26.2 Å². The second kappa shape index (κ2) is 6.59. The molecule has 1 rings (SSSR count). The SMILES string of the molecule is CCCN1CCC(C(C)NCC(F)(F)F)CC1. The monoisotopic (exact) mass is 252 g/mol. The van der Waals surface area contributed by atoms with Gasteiger partial charge in [-0.05, 0) is 51.7 Å². The zero-order valence-electron chi connectivity index (χ0n) is 10.7. The van der Waals surface area contributed by atoms with E-state index in [9.17, 15) is 13.2 Å². The van der Waals surface area contributed by atoms with Gasteiger partial charge in [-0.25, -0.2) is 0 Å². The van der Waals surface area contributed by atoms with Crippen LogP contribution < -0.4 is 5.32 Å². The van der Waals surface area contributed by atoms with Crippen molar-refractivity contribution >= 4 is 0 Å². The summed E-state index contributed by atoms with van der Waals surface area (Å²) < 4.78 is 36.2. The molecule has 2 nitrogen and oxygen atoms in total. The van der Waals surface area contributed by atoms with E-state index in [1.165, 1.54) is 0 Å². The summed E-state index contributed by atoms with van der Waals surface area (Å²) >= 11 is 0. The van der Waals surface area contributed by atoms with Gasteiger partial charge in [0.1, 0.15) is 0 Å². The number of hydrogen-bond acceptors (Lipinski definition) is 2. The van der Waals surface area contributed by atoms with Gasteiger partial charge in [-0.2, -0.15) is 13.2 Å². The van der Waals surface area contributed by atoms with Crippen molar-refractivity contribution in [3.63, 3.8) is 0 Å². The third-order valence-corrected chi connectivity index (χ3v) is 3.50. The first-order valence-electron chi connectivity index (χ1n) is 6.45. The summed E-state index contributed by atoms with van der Waals surface area (Å²) in [6.07, 6.45) is -0.943. The van der Waals surface area contributed by atoms with Crippen LogP contribution in [0.15, 0.2) is 0 Å². The van der Waals surface area contributed by atoms with E-state index in [1.807, 2.05) is 6.92 Å². The summed E-state index contributed by atoms with van der Waals surface area (Å²) in [6.45, 7) is 6.30. The van der Waals surface area contributed by atoms with Gasteiger partial charge < -0.3 is 10.2 Å². The molecular formula is C12H23F3N2. The molecule has 0 spiro atoms. The maximum absolute atomic E-state index is 12.1. The topological polar surface area (TPSA) is 15.3 Å². The van der Waals surface area contributed by atoms with Gasteiger partial charge in [0.25, 0.3) is 0 Å². The molecule has 1 aliphatic heterocycles. The number of rotatable bonds is 5. The third kappa shape index (κ3) is 5.73. The Morgan fingerprint density at radius 1 is 1.29 bits per heavy atom. The van der Waals surface area contributed by atoms with Crippen LogP contribution in [0.25, 0.3) is 0 Å². The molecule has 1 unspecified atom stereocenters. The number of likely N-dealkylation sites (tertiary alicyclic amines) is 1. The van der Waals surface area contributed by atoms with Crippen LogP contribution in [-0.4, -0.2) is 43.3 Å². The van der Waals surface area contributed by atoms with E-state index >= 15 is 0 Å². The first-order valence-corrected chi connectivity index (χ1v) is 6.45. The average molecular weight is 252 g/mol. The van der Waals surface area contributed by atoms with Crippen LogP contribution in [0.4, 0.5) is 13.2 Å². The van der Waals surface area contributed by atoms with Crippen LogP contribution >= 0.6 is 0 Å². The van der Waals surface area contributed by atoms with Crippen LogP contribution in [-0.2, 0) is 0 Å². The van der Waals surface area contributed by atoms with Crippen molar-refractivity contribution in [2.24, 2.45) is 5.92 Å². The average Bonchev–Trinajstić information content (AvgIpc) is 2.26. The minimum Gasteiger partial charge on any atom is -0.306 e. The lowest BCUT2D eigenvalue weighted by Gasteiger charge is -2.35. The van der Waals surface area contributed by atoms with E-state index in [0.717, 1.165) is 38.9 Å². The smallest absolute Gasteiger partial charge is 0.306 e. The molecule has 1 N–H and O–H groups in total. The van der Waals surface area contributed by atoms with Gasteiger partial charge >= 0.3 is 6.18 Å². The van der Waals surface area contributed by atoms with Gasteiger partial charge in [0.05, 0.1) is 6.54 Å². The minimum absolute atomic E-state index is 0.0413. The molecule has 1 saturated heterocycles. The van der Waals surface area contributed by atoms with Crippen LogP contribution in [0.1, 0.15) is 33.1 Å². The molecule has 5 heteroatoms. The first kappa shape index (κ1) is 14.8. The Balaban J connectivity index is 2.23. The summed E-state index contributed by atoms with van der Waals surface area (Å²) in [6, 6.07) is -0.0413. The number of halogens is 3. The molecule has 1 aliphatic rings. The molecule has 0 saturated carbocycles. The van der Waals surface area contributed by atoms with Crippen molar-refractivity contribution in [3.8, 4) is 0 Å². The summed E-state index contributed by atoms with van der Waals surface area (Å²) in [5.74, 6) is 0.380. The zero-order valence-corrected chi connectivity index (χ0v) is 10.7. The van der Waals surface area contributed by atoms with Gasteiger partial charge in [0.2, 0.25) is 0 Å². The van der Waals surface area contributed by atoms with Gasteiger partial charge in [-0.15, -0.1) is 0 Å². The lowest BCUT2D eigenvalue weighted by molar-refractivity contribution is -0.127. The van der Waals surface area contributed by atoms with Crippen molar-refractivity contribution < 1.29 is 13.2 Å². The van der Waals surface area contributed by atoms with Crippen molar-refractivity contribution in [1.82, 2.24) is 10.2 Å². The van der Waals surface area contributed by atoms with Crippen molar-refractivity contribution in [2.45, 2.75) is 45.3 Å². The molecule has 0 amide bonds. The Hall–Kier alpha value is -0.290. The highest BCUT2D eigenvalue weighted by Crippen LogP contribution is 2.21. The number of hydrogen-bond donors (Lipinski definition) is 1. The number of piperidine rings is 1. The molecule has 102 valence electrons. The largest absolute Gasteiger partial charge is 0.401 e. The van der Waals surface area contributed by atoms with E-state index in [1.54, 1.807) is 0 Å². The predicted molar refractivity (Wildman–Crippen MR) is 63.0 cm³/mol. The Bertz CT molecular complexity index is 210. The number of nitrogens with zero attached hydrogens (tertiary/aromatic N) is 1. The van der Waals surface area contributed by atoms with E-state index in [4.69, 9.17) is 0 Å². The molecule has 0 radical (unpaired) electrons. The second-order valence-corrected chi connectivity index (χ2v) is 4.96. The fraction of sp³-hybridized carbons (Fsp3) is 1.00. The third-order valence-electron chi connectivity index (χ3n) is 3.50. The van der Waals surface area contributed by atoms with Crippen LogP contribution in [0.5, 0.6) is 0 Å². The van der Waals surface area contributed by atoms with Gasteiger partial charge in [0, 0.05) is 6.04 Å². The fourth-order valence-corrected chi connectivity index (χ4v) is 2.44. The first-order chi connectivity index (χ1) is 7.92. The highest BCUT2D eigenvalue weighted by Gasteiger charge is 2.30. The minimum atomic E-state index is -4.10. The van der Waals surface area contributed by atoms with Crippen LogP contribution in [0, 0.1) is 5.92 Å². The molecule has 1 fully saturated rings. The lowest BCUT2D eigenvalue weighted by Crippen LogP contribution is -2.44. The Kier molecular flexibility index (Phi) is 5.73. The molecule has 1 heterocycles. The maximum atomic E-state index is 12.1.